The van der Waals surface area contributed by atoms with E-state index in [1.807, 2.05) is 84.3 Å². The number of carbonyl (C=O) groups excluding carboxylic acids is 2. The smallest absolute Gasteiger partial charge is 0.251 e. The molecule has 10 heteroatoms. The number of benzene rings is 2. The van der Waals surface area contributed by atoms with E-state index in [-0.39, 0.29) is 28.7 Å². The molecule has 0 spiro atoms. The van der Waals surface area contributed by atoms with E-state index in [1.54, 1.807) is 0 Å². The normalized spacial score (nSPS) is 15.5. The second-order valence-corrected chi connectivity index (χ2v) is 17.9. The maximum atomic E-state index is 13.4. The second kappa shape index (κ2) is 18.0. The minimum Gasteiger partial charge on any atom is -0.396 e. The van der Waals surface area contributed by atoms with Crippen molar-refractivity contribution in [3.05, 3.63) is 77.5 Å². The minimum absolute atomic E-state index is 0.0249. The van der Waals surface area contributed by atoms with E-state index in [9.17, 15) is 14.7 Å². The van der Waals surface area contributed by atoms with Gasteiger partial charge in [0.25, 0.3) is 5.91 Å². The summed E-state index contributed by atoms with van der Waals surface area (Å²) in [4.78, 5) is 27.8. The number of Topliss-reactive ketones (excluding diaryl/α,β-unsaturated/α-hetero) is 1. The van der Waals surface area contributed by atoms with Crippen LogP contribution in [0, 0.1) is 10.8 Å². The van der Waals surface area contributed by atoms with E-state index < -0.39 is 5.60 Å². The molecule has 0 radical (unpaired) electrons. The number of hydrogen-bond donors (Lipinski definition) is 2. The lowest BCUT2D eigenvalue weighted by Crippen LogP contribution is -2.46. The molecule has 1 heterocycles. The van der Waals surface area contributed by atoms with Crippen LogP contribution in [0.3, 0.4) is 0 Å². The fourth-order valence-corrected chi connectivity index (χ4v) is 6.61. The highest BCUT2D eigenvalue weighted by Crippen LogP contribution is 2.40. The first kappa shape index (κ1) is 42.2. The van der Waals surface area contributed by atoms with Crippen molar-refractivity contribution in [2.75, 3.05) is 37.0 Å². The van der Waals surface area contributed by atoms with Gasteiger partial charge in [-0.1, -0.05) is 97.5 Å². The molecule has 278 valence electrons. The van der Waals surface area contributed by atoms with Gasteiger partial charge in [0.05, 0.1) is 24.5 Å². The van der Waals surface area contributed by atoms with E-state index in [1.165, 1.54) is 0 Å². The van der Waals surface area contributed by atoms with Crippen LogP contribution in [-0.2, 0) is 20.9 Å². The number of ether oxygens (including phenoxy) is 1. The van der Waals surface area contributed by atoms with E-state index in [4.69, 9.17) is 9.85 Å². The van der Waals surface area contributed by atoms with Crippen molar-refractivity contribution in [1.82, 2.24) is 5.32 Å². The van der Waals surface area contributed by atoms with Gasteiger partial charge in [-0.15, -0.1) is 0 Å². The van der Waals surface area contributed by atoms with Crippen LogP contribution in [0.4, 0.5) is 5.69 Å². The predicted molar refractivity (Wildman–Crippen MR) is 216 cm³/mol. The lowest BCUT2D eigenvalue weighted by Gasteiger charge is -2.33. The highest BCUT2D eigenvalue weighted by Gasteiger charge is 2.32. The molecule has 0 aliphatic carbocycles. The lowest BCUT2D eigenvalue weighted by atomic mass is 9.72. The third-order valence-corrected chi connectivity index (χ3v) is 10.7. The Morgan fingerprint density at radius 2 is 1.63 bits per heavy atom. The van der Waals surface area contributed by atoms with Crippen LogP contribution in [0.15, 0.2) is 71.0 Å². The van der Waals surface area contributed by atoms with E-state index in [2.05, 4.69) is 66.9 Å². The van der Waals surface area contributed by atoms with Crippen molar-refractivity contribution >= 4 is 46.8 Å². The Labute approximate surface area is 312 Å². The Bertz CT molecular complexity index is 1590. The van der Waals surface area contributed by atoms with E-state index in [0.717, 1.165) is 58.1 Å². The molecule has 0 saturated carbocycles. The summed E-state index contributed by atoms with van der Waals surface area (Å²) in [7, 11) is 0. The Morgan fingerprint density at radius 1 is 0.980 bits per heavy atom. The largest absolute Gasteiger partial charge is 0.396 e. The molecule has 1 aliphatic rings. The number of anilines is 1. The van der Waals surface area contributed by atoms with Crippen LogP contribution in [0.5, 0.6) is 0 Å². The monoisotopic (exact) mass is 716 g/mol. The molecule has 1 amide bonds. The first-order valence-electron chi connectivity index (χ1n) is 18.1. The molecule has 0 atom stereocenters. The van der Waals surface area contributed by atoms with Crippen molar-refractivity contribution in [3.8, 4) is 0 Å². The Hall–Kier alpha value is -3.21. The zero-order valence-corrected chi connectivity index (χ0v) is 33.6. The Morgan fingerprint density at radius 3 is 2.29 bits per heavy atom. The molecule has 2 aromatic carbocycles. The van der Waals surface area contributed by atoms with Crippen LogP contribution in [-0.4, -0.2) is 61.0 Å². The molecule has 0 fully saturated rings. The number of allylic oxidation sites excluding steroid dienone is 1. The molecule has 3 rings (SSSR count). The summed E-state index contributed by atoms with van der Waals surface area (Å²) in [5, 5.41) is 22.1. The van der Waals surface area contributed by atoms with Gasteiger partial charge in [-0.25, -0.2) is 11.6 Å². The number of amides is 1. The topological polar surface area (TPSA) is 104 Å². The van der Waals surface area contributed by atoms with Crippen LogP contribution >= 0.6 is 11.6 Å². The summed E-state index contributed by atoms with van der Waals surface area (Å²) in [5.74, 6) is 1.07. The molecule has 0 aromatic heterocycles. The van der Waals surface area contributed by atoms with Crippen molar-refractivity contribution in [3.63, 3.8) is 0 Å². The molecular weight excluding hydrogens is 655 g/mol. The predicted octanol–water partition coefficient (Wildman–Crippen LogP) is 8.86. The first-order chi connectivity index (χ1) is 23.8. The van der Waals surface area contributed by atoms with Crippen molar-refractivity contribution in [2.45, 2.75) is 106 Å². The Balaban J connectivity index is 1.65. The number of fused-ring (bicyclic) bond motifs is 2. The number of nitrogens with zero attached hydrogens (tertiary/aromatic N) is 3. The highest BCUT2D eigenvalue weighted by molar-refractivity contribution is 8.22. The summed E-state index contributed by atoms with van der Waals surface area (Å²) in [5.41, 5.74) is 5.22. The third kappa shape index (κ3) is 12.5. The zero-order chi connectivity index (χ0) is 38.0. The maximum absolute atomic E-state index is 13.4. The molecule has 0 bridgehead atoms. The third-order valence-electron chi connectivity index (χ3n) is 9.13. The summed E-state index contributed by atoms with van der Waals surface area (Å²) < 4.78 is 6.22. The van der Waals surface area contributed by atoms with Gasteiger partial charge in [-0.2, -0.15) is 10.2 Å². The van der Waals surface area contributed by atoms with Gasteiger partial charge in [-0.3, -0.25) is 9.59 Å². The molecule has 8 nitrogen and oxygen atoms in total. The lowest BCUT2D eigenvalue weighted by molar-refractivity contribution is -0.143. The van der Waals surface area contributed by atoms with Crippen molar-refractivity contribution in [2.24, 2.45) is 21.1 Å². The van der Waals surface area contributed by atoms with Crippen LogP contribution in [0.2, 0.25) is 5.31 Å². The SMILES string of the molecule is C=C(CCNC(=O)C(C)(C)OCC(C)(C)BSCCCC(=O)C(C)(C)C)N1Cc2ccccc2/C(C)=C(/N=N\CC(C)(C)CO)c2ccccc21. The summed E-state index contributed by atoms with van der Waals surface area (Å²) in [6.07, 6.45) is 2.03. The fraction of sp³-hybridized carbons (Fsp3) is 0.561. The van der Waals surface area contributed by atoms with E-state index in [0.29, 0.717) is 44.9 Å². The minimum atomic E-state index is -0.999. The number of para-hydroxylation sites is 1. The second-order valence-electron chi connectivity index (χ2n) is 16.8. The number of aliphatic hydroxyl groups is 1. The van der Waals surface area contributed by atoms with Gasteiger partial charge in [0.15, 0.2) is 6.56 Å². The number of hydrogen-bond acceptors (Lipinski definition) is 8. The highest BCUT2D eigenvalue weighted by atomic mass is 32.2. The van der Waals surface area contributed by atoms with Crippen LogP contribution < -0.4 is 10.2 Å². The molecule has 0 unspecified atom stereocenters. The molecule has 2 N–H and O–H groups in total. The summed E-state index contributed by atoms with van der Waals surface area (Å²) in [6, 6.07) is 16.5. The van der Waals surface area contributed by atoms with Crippen molar-refractivity contribution in [1.29, 1.82) is 0 Å². The van der Waals surface area contributed by atoms with Crippen LogP contribution in [0.25, 0.3) is 11.3 Å². The van der Waals surface area contributed by atoms with Gasteiger partial charge in [0, 0.05) is 54.6 Å². The molecule has 1 aliphatic heterocycles. The summed E-state index contributed by atoms with van der Waals surface area (Å²) >= 11 is 1.83. The number of azo groups is 1. The molecule has 2 aromatic rings. The van der Waals surface area contributed by atoms with Gasteiger partial charge in [0.1, 0.15) is 11.4 Å². The number of aliphatic hydroxyl groups excluding tert-OH is 1. The van der Waals surface area contributed by atoms with Gasteiger partial charge >= 0.3 is 0 Å². The maximum Gasteiger partial charge on any atom is 0.251 e. The van der Waals surface area contributed by atoms with Gasteiger partial charge in [0.2, 0.25) is 0 Å². The zero-order valence-electron chi connectivity index (χ0n) is 32.8. The average molecular weight is 717 g/mol. The molecular formula is C41H61BN4O4S. The fourth-order valence-electron chi connectivity index (χ4n) is 5.49. The van der Waals surface area contributed by atoms with Crippen LogP contribution in [0.1, 0.15) is 105 Å². The summed E-state index contributed by atoms with van der Waals surface area (Å²) in [6.45, 7) is 27.1. The number of nitrogens with one attached hydrogen (secondary N) is 1. The number of ketones is 1. The van der Waals surface area contributed by atoms with Gasteiger partial charge in [-0.05, 0) is 61.0 Å². The Kier molecular flexibility index (Phi) is 14.9. The number of rotatable bonds is 18. The number of carbonyl (C=O) groups is 2. The standard InChI is InChI=1S/C41H61BN4O4S/c1-29(22-23-43-37(49)41(10,11)50-28-40(8,9)42-51-24-16-21-35(48)38(3,4)5)46-25-31-17-12-13-18-32(31)30(2)36(33-19-14-15-20-34(33)46)45-44-26-39(6,7)27-47/h12-15,17-20,42,47H,1,16,21-28H2,2-11H3,(H,43,49)/b36-30+,45-44-. The quantitative estimate of drug-likeness (QED) is 0.0908. The van der Waals surface area contributed by atoms with Gasteiger partial charge < -0.3 is 20.1 Å². The van der Waals surface area contributed by atoms with E-state index >= 15 is 0 Å². The first-order valence-corrected chi connectivity index (χ1v) is 19.3. The van der Waals surface area contributed by atoms with Crippen molar-refractivity contribution < 1.29 is 19.4 Å². The molecule has 0 saturated heterocycles. The molecule has 51 heavy (non-hydrogen) atoms. The average Bonchev–Trinajstić information content (AvgIpc) is 3.07.